The maximum atomic E-state index is 6.30. The SMILES string of the molecule is CCC1CCN(c2ncc(CNC)cc2Cl)C1. The first-order valence-corrected chi connectivity index (χ1v) is 6.66. The fourth-order valence-electron chi connectivity index (χ4n) is 2.36. The summed E-state index contributed by atoms with van der Waals surface area (Å²) in [6.45, 7) is 5.23. The highest BCUT2D eigenvalue weighted by Crippen LogP contribution is 2.29. The summed E-state index contributed by atoms with van der Waals surface area (Å²) in [6, 6.07) is 2.01. The van der Waals surface area contributed by atoms with Crippen LogP contribution in [0.3, 0.4) is 0 Å². The summed E-state index contributed by atoms with van der Waals surface area (Å²) < 4.78 is 0. The van der Waals surface area contributed by atoms with Gasteiger partial charge < -0.3 is 10.2 Å². The number of pyridine rings is 1. The van der Waals surface area contributed by atoms with E-state index in [9.17, 15) is 0 Å². The van der Waals surface area contributed by atoms with Gasteiger partial charge in [0.1, 0.15) is 5.82 Å². The molecular weight excluding hydrogens is 234 g/mol. The van der Waals surface area contributed by atoms with E-state index < -0.39 is 0 Å². The molecule has 1 aromatic heterocycles. The summed E-state index contributed by atoms with van der Waals surface area (Å²) in [4.78, 5) is 6.81. The van der Waals surface area contributed by atoms with Crippen LogP contribution < -0.4 is 10.2 Å². The molecule has 0 aromatic carbocycles. The van der Waals surface area contributed by atoms with Crippen LogP contribution in [0.5, 0.6) is 0 Å². The summed E-state index contributed by atoms with van der Waals surface area (Å²) in [5.74, 6) is 1.74. The van der Waals surface area contributed by atoms with Gasteiger partial charge in [-0.2, -0.15) is 0 Å². The van der Waals surface area contributed by atoms with Gasteiger partial charge in [0.15, 0.2) is 0 Å². The molecule has 2 rings (SSSR count). The lowest BCUT2D eigenvalue weighted by atomic mass is 10.1. The van der Waals surface area contributed by atoms with E-state index in [0.717, 1.165) is 42.0 Å². The number of anilines is 1. The third-order valence-electron chi connectivity index (χ3n) is 3.42. The molecule has 17 heavy (non-hydrogen) atoms. The van der Waals surface area contributed by atoms with Crippen molar-refractivity contribution in [1.29, 1.82) is 0 Å². The molecule has 4 heteroatoms. The minimum atomic E-state index is 0.773. The third kappa shape index (κ3) is 2.90. The zero-order valence-corrected chi connectivity index (χ0v) is 11.3. The van der Waals surface area contributed by atoms with E-state index >= 15 is 0 Å². The maximum Gasteiger partial charge on any atom is 0.147 e. The van der Waals surface area contributed by atoms with E-state index in [1.54, 1.807) is 0 Å². The summed E-state index contributed by atoms with van der Waals surface area (Å²) in [6.07, 6.45) is 4.41. The third-order valence-corrected chi connectivity index (χ3v) is 3.70. The zero-order valence-electron chi connectivity index (χ0n) is 10.5. The minimum absolute atomic E-state index is 0.773. The minimum Gasteiger partial charge on any atom is -0.355 e. The average Bonchev–Trinajstić information content (AvgIpc) is 2.78. The Morgan fingerprint density at radius 2 is 2.41 bits per heavy atom. The topological polar surface area (TPSA) is 28.2 Å². The van der Waals surface area contributed by atoms with Crippen molar-refractivity contribution in [3.63, 3.8) is 0 Å². The van der Waals surface area contributed by atoms with Crippen molar-refractivity contribution in [2.45, 2.75) is 26.3 Å². The zero-order chi connectivity index (χ0) is 12.3. The van der Waals surface area contributed by atoms with Crippen LogP contribution in [0.2, 0.25) is 5.02 Å². The van der Waals surface area contributed by atoms with Crippen LogP contribution in [-0.4, -0.2) is 25.1 Å². The van der Waals surface area contributed by atoms with Crippen molar-refractivity contribution < 1.29 is 0 Å². The molecule has 3 nitrogen and oxygen atoms in total. The van der Waals surface area contributed by atoms with Crippen LogP contribution in [0.1, 0.15) is 25.3 Å². The molecule has 0 aliphatic carbocycles. The summed E-state index contributed by atoms with van der Waals surface area (Å²) in [5.41, 5.74) is 1.13. The predicted octanol–water partition coefficient (Wildman–Crippen LogP) is 2.69. The Labute approximate surface area is 108 Å². The molecule has 0 bridgehead atoms. The molecule has 2 heterocycles. The second-order valence-electron chi connectivity index (χ2n) is 4.69. The van der Waals surface area contributed by atoms with E-state index in [1.165, 1.54) is 12.8 Å². The Morgan fingerprint density at radius 3 is 3.00 bits per heavy atom. The molecular formula is C13H20ClN3. The van der Waals surface area contributed by atoms with E-state index in [4.69, 9.17) is 11.6 Å². The highest BCUT2D eigenvalue weighted by Gasteiger charge is 2.23. The van der Waals surface area contributed by atoms with E-state index in [1.807, 2.05) is 19.3 Å². The van der Waals surface area contributed by atoms with Gasteiger partial charge in [0.05, 0.1) is 5.02 Å². The normalized spacial score (nSPS) is 19.9. The summed E-state index contributed by atoms with van der Waals surface area (Å²) in [5, 5.41) is 3.88. The standard InChI is InChI=1S/C13H20ClN3/c1-3-10-4-5-17(9-10)13-12(14)6-11(7-15-2)8-16-13/h6,8,10,15H,3-5,7,9H2,1-2H3. The molecule has 0 spiro atoms. The summed E-state index contributed by atoms with van der Waals surface area (Å²) >= 11 is 6.30. The predicted molar refractivity (Wildman–Crippen MR) is 72.6 cm³/mol. The van der Waals surface area contributed by atoms with Crippen LogP contribution in [0.15, 0.2) is 12.3 Å². The lowest BCUT2D eigenvalue weighted by Gasteiger charge is -2.19. The van der Waals surface area contributed by atoms with Gasteiger partial charge in [0, 0.05) is 25.8 Å². The Hall–Kier alpha value is -0.800. The molecule has 1 fully saturated rings. The summed E-state index contributed by atoms with van der Waals surface area (Å²) in [7, 11) is 1.92. The Balaban J connectivity index is 2.11. The molecule has 1 aliphatic heterocycles. The van der Waals surface area contributed by atoms with Gasteiger partial charge in [-0.1, -0.05) is 24.9 Å². The van der Waals surface area contributed by atoms with Crippen LogP contribution in [0.4, 0.5) is 5.82 Å². The van der Waals surface area contributed by atoms with Crippen molar-refractivity contribution in [2.24, 2.45) is 5.92 Å². The Kier molecular flexibility index (Phi) is 4.24. The smallest absolute Gasteiger partial charge is 0.147 e. The van der Waals surface area contributed by atoms with Gasteiger partial charge >= 0.3 is 0 Å². The average molecular weight is 254 g/mol. The number of nitrogens with one attached hydrogen (secondary N) is 1. The van der Waals surface area contributed by atoms with Crippen molar-refractivity contribution in [1.82, 2.24) is 10.3 Å². The number of halogens is 1. The van der Waals surface area contributed by atoms with Crippen LogP contribution in [-0.2, 0) is 6.54 Å². The first kappa shape index (κ1) is 12.7. The van der Waals surface area contributed by atoms with Gasteiger partial charge in [0.25, 0.3) is 0 Å². The Bertz CT molecular complexity index is 381. The molecule has 0 amide bonds. The monoisotopic (exact) mass is 253 g/mol. The van der Waals surface area contributed by atoms with E-state index in [-0.39, 0.29) is 0 Å². The van der Waals surface area contributed by atoms with E-state index in [0.29, 0.717) is 0 Å². The van der Waals surface area contributed by atoms with Gasteiger partial charge in [-0.05, 0) is 31.0 Å². The van der Waals surface area contributed by atoms with Crippen LogP contribution >= 0.6 is 11.6 Å². The number of hydrogen-bond acceptors (Lipinski definition) is 3. The quantitative estimate of drug-likeness (QED) is 0.894. The maximum absolute atomic E-state index is 6.30. The highest BCUT2D eigenvalue weighted by atomic mass is 35.5. The van der Waals surface area contributed by atoms with Gasteiger partial charge in [0.2, 0.25) is 0 Å². The van der Waals surface area contributed by atoms with E-state index in [2.05, 4.69) is 22.1 Å². The molecule has 94 valence electrons. The first-order chi connectivity index (χ1) is 8.24. The van der Waals surface area contributed by atoms with Gasteiger partial charge in [-0.15, -0.1) is 0 Å². The van der Waals surface area contributed by atoms with Gasteiger partial charge in [-0.3, -0.25) is 0 Å². The highest BCUT2D eigenvalue weighted by molar-refractivity contribution is 6.33. The second kappa shape index (κ2) is 5.69. The largest absolute Gasteiger partial charge is 0.355 e. The molecule has 1 aromatic rings. The van der Waals surface area contributed by atoms with Crippen molar-refractivity contribution in [3.05, 3.63) is 22.8 Å². The number of rotatable bonds is 4. The lowest BCUT2D eigenvalue weighted by molar-refractivity contribution is 0.568. The molecule has 0 saturated carbocycles. The Morgan fingerprint density at radius 1 is 1.59 bits per heavy atom. The van der Waals surface area contributed by atoms with Gasteiger partial charge in [-0.25, -0.2) is 4.98 Å². The van der Waals surface area contributed by atoms with Crippen LogP contribution in [0.25, 0.3) is 0 Å². The molecule has 1 atom stereocenters. The second-order valence-corrected chi connectivity index (χ2v) is 5.10. The van der Waals surface area contributed by atoms with Crippen molar-refractivity contribution in [3.8, 4) is 0 Å². The molecule has 0 radical (unpaired) electrons. The number of nitrogens with zero attached hydrogens (tertiary/aromatic N) is 2. The van der Waals surface area contributed by atoms with Crippen LogP contribution in [0, 0.1) is 5.92 Å². The molecule has 1 unspecified atom stereocenters. The number of aromatic nitrogens is 1. The molecule has 1 saturated heterocycles. The lowest BCUT2D eigenvalue weighted by Crippen LogP contribution is -2.21. The van der Waals surface area contributed by atoms with Crippen molar-refractivity contribution in [2.75, 3.05) is 25.0 Å². The fraction of sp³-hybridized carbons (Fsp3) is 0.615. The molecule has 1 N–H and O–H groups in total. The van der Waals surface area contributed by atoms with Crippen molar-refractivity contribution >= 4 is 17.4 Å². The first-order valence-electron chi connectivity index (χ1n) is 6.28. The molecule has 1 aliphatic rings. The fourth-order valence-corrected chi connectivity index (χ4v) is 2.67. The number of hydrogen-bond donors (Lipinski definition) is 1.